The average Bonchev–Trinajstić information content (AvgIpc) is 2.54. The van der Waals surface area contributed by atoms with Crippen LogP contribution in [0.5, 0.6) is 0 Å². The third-order valence-electron chi connectivity index (χ3n) is 3.64. The summed E-state index contributed by atoms with van der Waals surface area (Å²) >= 11 is 0. The van der Waals surface area contributed by atoms with Gasteiger partial charge in [0.2, 0.25) is 0 Å². The highest BCUT2D eigenvalue weighted by Gasteiger charge is 2.15. The zero-order valence-electron chi connectivity index (χ0n) is 10.5. The van der Waals surface area contributed by atoms with Gasteiger partial charge in [0, 0.05) is 30.9 Å². The van der Waals surface area contributed by atoms with Crippen LogP contribution in [0.25, 0.3) is 0 Å². The summed E-state index contributed by atoms with van der Waals surface area (Å²) in [5.41, 5.74) is 7.06. The summed E-state index contributed by atoms with van der Waals surface area (Å²) < 4.78 is 13.7. The summed E-state index contributed by atoms with van der Waals surface area (Å²) in [5.74, 6) is 0.607. The van der Waals surface area contributed by atoms with Crippen LogP contribution in [-0.2, 0) is 6.54 Å². The molecule has 0 bridgehead atoms. The van der Waals surface area contributed by atoms with Gasteiger partial charge < -0.3 is 10.6 Å². The third-order valence-corrected chi connectivity index (χ3v) is 3.64. The molecule has 1 aliphatic heterocycles. The van der Waals surface area contributed by atoms with Gasteiger partial charge in [0.25, 0.3) is 0 Å². The molecule has 0 spiro atoms. The van der Waals surface area contributed by atoms with Crippen LogP contribution in [0.3, 0.4) is 0 Å². The molecular formula is C14H21FN2. The van der Waals surface area contributed by atoms with Gasteiger partial charge in [-0.1, -0.05) is 13.0 Å². The third kappa shape index (κ3) is 2.97. The van der Waals surface area contributed by atoms with Crippen LogP contribution >= 0.6 is 0 Å². The van der Waals surface area contributed by atoms with Gasteiger partial charge in [-0.15, -0.1) is 0 Å². The minimum atomic E-state index is -0.178. The number of anilines is 1. The van der Waals surface area contributed by atoms with Crippen molar-refractivity contribution in [3.63, 3.8) is 0 Å². The number of nitrogens with two attached hydrogens (primary N) is 1. The Morgan fingerprint density at radius 2 is 2.18 bits per heavy atom. The van der Waals surface area contributed by atoms with E-state index in [1.165, 1.54) is 19.3 Å². The maximum atomic E-state index is 13.7. The van der Waals surface area contributed by atoms with E-state index in [0.29, 0.717) is 5.56 Å². The first-order valence-electron chi connectivity index (χ1n) is 6.44. The van der Waals surface area contributed by atoms with Crippen LogP contribution in [0.15, 0.2) is 18.2 Å². The fourth-order valence-electron chi connectivity index (χ4n) is 2.42. The fourth-order valence-corrected chi connectivity index (χ4v) is 2.42. The number of rotatable bonds is 2. The lowest BCUT2D eigenvalue weighted by Gasteiger charge is -2.23. The quantitative estimate of drug-likeness (QED) is 0.855. The van der Waals surface area contributed by atoms with E-state index >= 15 is 0 Å². The molecule has 94 valence electrons. The van der Waals surface area contributed by atoms with E-state index in [1.807, 2.05) is 6.07 Å². The van der Waals surface area contributed by atoms with Crippen LogP contribution in [0.2, 0.25) is 0 Å². The molecule has 1 unspecified atom stereocenters. The molecule has 1 saturated heterocycles. The molecule has 1 heterocycles. The Bertz CT molecular complexity index is 378. The monoisotopic (exact) mass is 236 g/mol. The topological polar surface area (TPSA) is 29.3 Å². The lowest BCUT2D eigenvalue weighted by molar-refractivity contribution is 0.521. The molecule has 1 aliphatic rings. The van der Waals surface area contributed by atoms with Gasteiger partial charge >= 0.3 is 0 Å². The van der Waals surface area contributed by atoms with E-state index in [4.69, 9.17) is 5.73 Å². The van der Waals surface area contributed by atoms with E-state index in [1.54, 1.807) is 12.1 Å². The zero-order chi connectivity index (χ0) is 12.3. The standard InChI is InChI=1S/C14H21FN2/c1-11-3-2-7-17(8-6-11)13-5-4-12(10-16)14(15)9-13/h4-5,9,11H,2-3,6-8,10,16H2,1H3. The first-order valence-corrected chi connectivity index (χ1v) is 6.44. The predicted octanol–water partition coefficient (Wildman–Crippen LogP) is 2.91. The maximum Gasteiger partial charge on any atom is 0.129 e. The number of nitrogens with zero attached hydrogens (tertiary/aromatic N) is 1. The van der Waals surface area contributed by atoms with Crippen LogP contribution < -0.4 is 10.6 Å². The Labute approximate surface area is 103 Å². The molecule has 17 heavy (non-hydrogen) atoms. The second-order valence-electron chi connectivity index (χ2n) is 5.00. The predicted molar refractivity (Wildman–Crippen MR) is 69.5 cm³/mol. The second-order valence-corrected chi connectivity index (χ2v) is 5.00. The molecule has 1 aromatic carbocycles. The molecule has 1 atom stereocenters. The molecular weight excluding hydrogens is 215 g/mol. The fraction of sp³-hybridized carbons (Fsp3) is 0.571. The summed E-state index contributed by atoms with van der Waals surface area (Å²) in [7, 11) is 0. The highest BCUT2D eigenvalue weighted by atomic mass is 19.1. The summed E-state index contributed by atoms with van der Waals surface area (Å²) in [6, 6.07) is 5.42. The summed E-state index contributed by atoms with van der Waals surface area (Å²) in [4.78, 5) is 2.28. The summed E-state index contributed by atoms with van der Waals surface area (Å²) in [6.07, 6.45) is 3.67. The molecule has 2 N–H and O–H groups in total. The number of benzene rings is 1. The van der Waals surface area contributed by atoms with Crippen molar-refractivity contribution in [1.82, 2.24) is 0 Å². The first-order chi connectivity index (χ1) is 8.20. The zero-order valence-corrected chi connectivity index (χ0v) is 10.5. The Hall–Kier alpha value is -1.09. The molecule has 2 nitrogen and oxygen atoms in total. The molecule has 0 radical (unpaired) electrons. The Morgan fingerprint density at radius 1 is 1.35 bits per heavy atom. The normalized spacial score (nSPS) is 21.4. The molecule has 0 aromatic heterocycles. The van der Waals surface area contributed by atoms with Gasteiger partial charge in [0.1, 0.15) is 5.82 Å². The van der Waals surface area contributed by atoms with Crippen molar-refractivity contribution >= 4 is 5.69 Å². The van der Waals surface area contributed by atoms with Crippen molar-refractivity contribution in [1.29, 1.82) is 0 Å². The van der Waals surface area contributed by atoms with Gasteiger partial charge in [-0.05, 0) is 37.3 Å². The van der Waals surface area contributed by atoms with Crippen LogP contribution in [0, 0.1) is 11.7 Å². The molecule has 0 saturated carbocycles. The maximum absolute atomic E-state index is 13.7. The van der Waals surface area contributed by atoms with Gasteiger partial charge in [-0.3, -0.25) is 0 Å². The van der Waals surface area contributed by atoms with Gasteiger partial charge in [-0.2, -0.15) is 0 Å². The molecule has 0 aliphatic carbocycles. The molecule has 1 aromatic rings. The Kier molecular flexibility index (Phi) is 4.00. The average molecular weight is 236 g/mol. The Morgan fingerprint density at radius 3 is 2.88 bits per heavy atom. The van der Waals surface area contributed by atoms with E-state index in [9.17, 15) is 4.39 Å². The van der Waals surface area contributed by atoms with Crippen LogP contribution in [0.1, 0.15) is 31.7 Å². The summed E-state index contributed by atoms with van der Waals surface area (Å²) in [5, 5.41) is 0. The van der Waals surface area contributed by atoms with Gasteiger partial charge in [-0.25, -0.2) is 4.39 Å². The second kappa shape index (κ2) is 5.50. The van der Waals surface area contributed by atoms with Crippen molar-refractivity contribution in [2.24, 2.45) is 11.7 Å². The molecule has 1 fully saturated rings. The van der Waals surface area contributed by atoms with E-state index in [2.05, 4.69) is 11.8 Å². The van der Waals surface area contributed by atoms with Crippen molar-refractivity contribution in [3.05, 3.63) is 29.6 Å². The SMILES string of the molecule is CC1CCCN(c2ccc(CN)c(F)c2)CC1. The van der Waals surface area contributed by atoms with Crippen LogP contribution in [-0.4, -0.2) is 13.1 Å². The van der Waals surface area contributed by atoms with Crippen molar-refractivity contribution in [2.75, 3.05) is 18.0 Å². The smallest absolute Gasteiger partial charge is 0.129 e. The van der Waals surface area contributed by atoms with Gasteiger partial charge in [0.15, 0.2) is 0 Å². The molecule has 3 heteroatoms. The first kappa shape index (κ1) is 12.4. The summed E-state index contributed by atoms with van der Waals surface area (Å²) in [6.45, 7) is 4.62. The van der Waals surface area contributed by atoms with E-state index in [0.717, 1.165) is 24.7 Å². The van der Waals surface area contributed by atoms with Gasteiger partial charge in [0.05, 0.1) is 0 Å². The minimum absolute atomic E-state index is 0.178. The number of hydrogen-bond donors (Lipinski definition) is 1. The van der Waals surface area contributed by atoms with E-state index in [-0.39, 0.29) is 12.4 Å². The highest BCUT2D eigenvalue weighted by Crippen LogP contribution is 2.24. The van der Waals surface area contributed by atoms with Crippen molar-refractivity contribution in [2.45, 2.75) is 32.7 Å². The number of halogens is 1. The van der Waals surface area contributed by atoms with E-state index < -0.39 is 0 Å². The highest BCUT2D eigenvalue weighted by molar-refractivity contribution is 5.48. The van der Waals surface area contributed by atoms with Crippen molar-refractivity contribution in [3.8, 4) is 0 Å². The lowest BCUT2D eigenvalue weighted by Crippen LogP contribution is -2.24. The molecule has 2 rings (SSSR count). The van der Waals surface area contributed by atoms with Crippen LogP contribution in [0.4, 0.5) is 10.1 Å². The molecule has 0 amide bonds. The Balaban J connectivity index is 2.13. The minimum Gasteiger partial charge on any atom is -0.371 e. The largest absolute Gasteiger partial charge is 0.371 e. The number of hydrogen-bond acceptors (Lipinski definition) is 2. The lowest BCUT2D eigenvalue weighted by atomic mass is 10.0. The van der Waals surface area contributed by atoms with Crippen molar-refractivity contribution < 1.29 is 4.39 Å².